The molecule has 0 amide bonds. The summed E-state index contributed by atoms with van der Waals surface area (Å²) in [6, 6.07) is 10.9. The lowest BCUT2D eigenvalue weighted by molar-refractivity contribution is 0.593. The summed E-state index contributed by atoms with van der Waals surface area (Å²) in [5, 5.41) is 7.88. The molecule has 1 aromatic carbocycles. The summed E-state index contributed by atoms with van der Waals surface area (Å²) in [7, 11) is 1.80. The highest BCUT2D eigenvalue weighted by Gasteiger charge is 2.08. The van der Waals surface area contributed by atoms with Gasteiger partial charge in [-0.3, -0.25) is 4.99 Å². The zero-order chi connectivity index (χ0) is 16.7. The third kappa shape index (κ3) is 5.67. The molecule has 0 bridgehead atoms. The molecule has 0 saturated heterocycles. The van der Waals surface area contributed by atoms with Gasteiger partial charge in [-0.05, 0) is 39.2 Å². The minimum absolute atomic E-state index is 0.362. The second-order valence-corrected chi connectivity index (χ2v) is 7.03. The summed E-state index contributed by atoms with van der Waals surface area (Å²) in [5.74, 6) is 0.830. The maximum absolute atomic E-state index is 4.54. The Hall–Kier alpha value is -1.88. The normalized spacial score (nSPS) is 13.0. The number of rotatable bonds is 6. The lowest BCUT2D eigenvalue weighted by atomic mass is 10.1. The molecule has 0 spiro atoms. The minimum atomic E-state index is 0.362. The lowest BCUT2D eigenvalue weighted by Crippen LogP contribution is -2.42. The van der Waals surface area contributed by atoms with Gasteiger partial charge in [0, 0.05) is 18.0 Å². The van der Waals surface area contributed by atoms with Crippen molar-refractivity contribution in [1.29, 1.82) is 0 Å². The first kappa shape index (κ1) is 17.5. The van der Waals surface area contributed by atoms with E-state index >= 15 is 0 Å². The van der Waals surface area contributed by atoms with Crippen LogP contribution in [0.2, 0.25) is 0 Å². The van der Waals surface area contributed by atoms with Gasteiger partial charge in [-0.25, -0.2) is 4.98 Å². The number of aliphatic imine (C=N–C) groups is 1. The molecule has 1 unspecified atom stereocenters. The monoisotopic (exact) mass is 330 g/mol. The van der Waals surface area contributed by atoms with Crippen molar-refractivity contribution in [3.05, 3.63) is 51.5 Å². The Kier molecular flexibility index (Phi) is 6.59. The third-order valence-electron chi connectivity index (χ3n) is 3.80. The van der Waals surface area contributed by atoms with Crippen LogP contribution in [0.1, 0.15) is 34.5 Å². The van der Waals surface area contributed by atoms with Crippen molar-refractivity contribution >= 4 is 17.3 Å². The van der Waals surface area contributed by atoms with E-state index in [4.69, 9.17) is 0 Å². The maximum atomic E-state index is 4.54. The third-order valence-corrected chi connectivity index (χ3v) is 4.87. The smallest absolute Gasteiger partial charge is 0.191 e. The predicted molar refractivity (Wildman–Crippen MR) is 99.1 cm³/mol. The highest BCUT2D eigenvalue weighted by atomic mass is 32.1. The van der Waals surface area contributed by atoms with Gasteiger partial charge in [0.1, 0.15) is 5.01 Å². The quantitative estimate of drug-likeness (QED) is 0.630. The molecule has 23 heavy (non-hydrogen) atoms. The van der Waals surface area contributed by atoms with Gasteiger partial charge in [-0.1, -0.05) is 30.3 Å². The number of aromatic nitrogens is 1. The second-order valence-electron chi connectivity index (χ2n) is 5.74. The first-order valence-corrected chi connectivity index (χ1v) is 8.84. The zero-order valence-corrected chi connectivity index (χ0v) is 15.2. The van der Waals surface area contributed by atoms with E-state index in [1.165, 1.54) is 10.4 Å². The van der Waals surface area contributed by atoms with Crippen LogP contribution < -0.4 is 10.6 Å². The van der Waals surface area contributed by atoms with Crippen molar-refractivity contribution in [3.8, 4) is 0 Å². The number of aryl methyl sites for hydroxylation is 3. The fourth-order valence-corrected chi connectivity index (χ4v) is 3.18. The standard InChI is InChI=1S/C18H26N4S/c1-13(10-11-16-8-6-5-7-9-16)21-18(19-4)20-12-17-22-14(2)15(3)23-17/h5-9,13H,10-12H2,1-4H3,(H2,19,20,21). The molecule has 124 valence electrons. The molecule has 2 N–H and O–H groups in total. The highest BCUT2D eigenvalue weighted by Crippen LogP contribution is 2.15. The van der Waals surface area contributed by atoms with Crippen LogP contribution in [0.3, 0.4) is 0 Å². The molecule has 0 aliphatic rings. The van der Waals surface area contributed by atoms with Gasteiger partial charge >= 0.3 is 0 Å². The van der Waals surface area contributed by atoms with Crippen LogP contribution in [0.5, 0.6) is 0 Å². The van der Waals surface area contributed by atoms with Gasteiger partial charge in [0.05, 0.1) is 12.2 Å². The Morgan fingerprint density at radius 1 is 1.26 bits per heavy atom. The fraction of sp³-hybridized carbons (Fsp3) is 0.444. The maximum Gasteiger partial charge on any atom is 0.191 e. The number of guanidine groups is 1. The zero-order valence-electron chi connectivity index (χ0n) is 14.4. The van der Waals surface area contributed by atoms with E-state index in [2.05, 4.69) is 64.8 Å². The molecule has 4 nitrogen and oxygen atoms in total. The first-order chi connectivity index (χ1) is 11.1. The fourth-order valence-electron chi connectivity index (χ4n) is 2.30. The SMILES string of the molecule is CN=C(NCc1nc(C)c(C)s1)NC(C)CCc1ccccc1. The van der Waals surface area contributed by atoms with E-state index in [0.29, 0.717) is 12.6 Å². The molecule has 1 aromatic heterocycles. The summed E-state index contributed by atoms with van der Waals surface area (Å²) < 4.78 is 0. The number of nitrogens with zero attached hydrogens (tertiary/aromatic N) is 2. The Balaban J connectivity index is 1.77. The van der Waals surface area contributed by atoms with E-state index in [1.807, 2.05) is 6.92 Å². The molecule has 0 fully saturated rings. The number of hydrogen-bond acceptors (Lipinski definition) is 3. The van der Waals surface area contributed by atoms with E-state index in [1.54, 1.807) is 18.4 Å². The summed E-state index contributed by atoms with van der Waals surface area (Å²) in [6.45, 7) is 7.06. The van der Waals surface area contributed by atoms with E-state index in [-0.39, 0.29) is 0 Å². The van der Waals surface area contributed by atoms with Crippen LogP contribution in [-0.2, 0) is 13.0 Å². The number of hydrogen-bond donors (Lipinski definition) is 2. The van der Waals surface area contributed by atoms with Crippen LogP contribution in [0, 0.1) is 13.8 Å². The molecular weight excluding hydrogens is 304 g/mol. The highest BCUT2D eigenvalue weighted by molar-refractivity contribution is 7.11. The Morgan fingerprint density at radius 3 is 2.61 bits per heavy atom. The second kappa shape index (κ2) is 8.67. The molecule has 1 atom stereocenters. The average Bonchev–Trinajstić information content (AvgIpc) is 2.88. The van der Waals surface area contributed by atoms with Gasteiger partial charge in [-0.15, -0.1) is 11.3 Å². The molecule has 1 heterocycles. The van der Waals surface area contributed by atoms with E-state index in [9.17, 15) is 0 Å². The molecule has 0 saturated carbocycles. The Labute approximate surface area is 143 Å². The van der Waals surface area contributed by atoms with Crippen LogP contribution >= 0.6 is 11.3 Å². The average molecular weight is 331 g/mol. The van der Waals surface area contributed by atoms with Crippen LogP contribution in [-0.4, -0.2) is 24.0 Å². The molecule has 2 aromatic rings. The van der Waals surface area contributed by atoms with Gasteiger partial charge in [0.15, 0.2) is 5.96 Å². The van der Waals surface area contributed by atoms with Crippen molar-refractivity contribution in [2.45, 2.75) is 46.2 Å². The first-order valence-electron chi connectivity index (χ1n) is 8.02. The molecule has 0 aliphatic carbocycles. The van der Waals surface area contributed by atoms with Crippen LogP contribution in [0.25, 0.3) is 0 Å². The van der Waals surface area contributed by atoms with Crippen molar-refractivity contribution in [1.82, 2.24) is 15.6 Å². The Morgan fingerprint density at radius 2 is 2.00 bits per heavy atom. The van der Waals surface area contributed by atoms with Crippen LogP contribution in [0.15, 0.2) is 35.3 Å². The molecule has 0 aliphatic heterocycles. The molecule has 0 radical (unpaired) electrons. The van der Waals surface area contributed by atoms with Gasteiger partial charge in [0.2, 0.25) is 0 Å². The van der Waals surface area contributed by atoms with E-state index in [0.717, 1.165) is 29.5 Å². The summed E-state index contributed by atoms with van der Waals surface area (Å²) in [4.78, 5) is 10.1. The van der Waals surface area contributed by atoms with Crippen molar-refractivity contribution in [3.63, 3.8) is 0 Å². The summed E-state index contributed by atoms with van der Waals surface area (Å²) >= 11 is 1.74. The number of benzene rings is 1. The summed E-state index contributed by atoms with van der Waals surface area (Å²) in [6.07, 6.45) is 2.14. The van der Waals surface area contributed by atoms with Crippen molar-refractivity contribution in [2.75, 3.05) is 7.05 Å². The largest absolute Gasteiger partial charge is 0.354 e. The molecular formula is C18H26N4S. The van der Waals surface area contributed by atoms with Crippen molar-refractivity contribution < 1.29 is 0 Å². The topological polar surface area (TPSA) is 49.3 Å². The summed E-state index contributed by atoms with van der Waals surface area (Å²) in [5.41, 5.74) is 2.49. The Bertz CT molecular complexity index is 614. The lowest BCUT2D eigenvalue weighted by Gasteiger charge is -2.17. The van der Waals surface area contributed by atoms with Gasteiger partial charge in [-0.2, -0.15) is 0 Å². The number of nitrogens with one attached hydrogen (secondary N) is 2. The van der Waals surface area contributed by atoms with Crippen LogP contribution in [0.4, 0.5) is 0 Å². The van der Waals surface area contributed by atoms with Crippen molar-refractivity contribution in [2.24, 2.45) is 4.99 Å². The van der Waals surface area contributed by atoms with Gasteiger partial charge < -0.3 is 10.6 Å². The van der Waals surface area contributed by atoms with E-state index < -0.39 is 0 Å². The molecule has 2 rings (SSSR count). The number of thiazole rings is 1. The minimum Gasteiger partial charge on any atom is -0.354 e. The molecule has 5 heteroatoms. The van der Waals surface area contributed by atoms with Gasteiger partial charge in [0.25, 0.3) is 0 Å². The predicted octanol–water partition coefficient (Wildman–Crippen LogP) is 3.45.